The first-order valence-electron chi connectivity index (χ1n) is 12.8. The highest BCUT2D eigenvalue weighted by molar-refractivity contribution is 7.10. The highest BCUT2D eigenvalue weighted by Gasteiger charge is 2.15. The number of benzene rings is 4. The van der Waals surface area contributed by atoms with Crippen LogP contribution in [0.5, 0.6) is 5.75 Å². The van der Waals surface area contributed by atoms with Gasteiger partial charge in [0.05, 0.1) is 22.2 Å². The van der Waals surface area contributed by atoms with Gasteiger partial charge in [-0.2, -0.15) is 0 Å². The number of carbonyl (C=O) groups is 1. The van der Waals surface area contributed by atoms with Crippen LogP contribution in [0, 0.1) is 0 Å². The van der Waals surface area contributed by atoms with E-state index in [-0.39, 0.29) is 12.5 Å². The summed E-state index contributed by atoms with van der Waals surface area (Å²) in [5, 5.41) is 20.6. The zero-order chi connectivity index (χ0) is 28.3. The minimum Gasteiger partial charge on any atom is -0.484 e. The zero-order valence-electron chi connectivity index (χ0n) is 21.9. The van der Waals surface area contributed by atoms with E-state index in [9.17, 15) is 4.79 Å². The predicted molar refractivity (Wildman–Crippen MR) is 168 cm³/mol. The number of carboxylic acids is 1. The van der Waals surface area contributed by atoms with Crippen molar-refractivity contribution in [3.63, 3.8) is 0 Å². The molecule has 5 nitrogen and oxygen atoms in total. The Bertz CT molecular complexity index is 1520. The van der Waals surface area contributed by atoms with Gasteiger partial charge in [0.25, 0.3) is 0 Å². The third kappa shape index (κ3) is 7.99. The SMILES string of the molecule is CNCC[C@@H](Oc1cccc2ccccc12)c1cccs1.O=C(O)Cc1ccccc1Nc1c(Cl)cccc1Cl. The van der Waals surface area contributed by atoms with Crippen molar-refractivity contribution < 1.29 is 14.6 Å². The Labute approximate surface area is 248 Å². The molecule has 0 spiro atoms. The number of nitrogens with one attached hydrogen (secondary N) is 2. The zero-order valence-corrected chi connectivity index (χ0v) is 24.3. The number of aliphatic carboxylic acids is 1. The van der Waals surface area contributed by atoms with Crippen LogP contribution >= 0.6 is 34.5 Å². The van der Waals surface area contributed by atoms with Crippen LogP contribution in [0.1, 0.15) is 23.0 Å². The molecule has 1 atom stereocenters. The van der Waals surface area contributed by atoms with Crippen LogP contribution < -0.4 is 15.4 Å². The van der Waals surface area contributed by atoms with Crippen LogP contribution in [-0.4, -0.2) is 24.7 Å². The fourth-order valence-electron chi connectivity index (χ4n) is 4.17. The van der Waals surface area contributed by atoms with E-state index < -0.39 is 5.97 Å². The van der Waals surface area contributed by atoms with Gasteiger partial charge in [-0.05, 0) is 60.3 Å². The molecular weight excluding hydrogens is 563 g/mol. The molecule has 0 amide bonds. The summed E-state index contributed by atoms with van der Waals surface area (Å²) in [6.45, 7) is 0.938. The third-order valence-corrected chi connectivity index (χ3v) is 7.71. The van der Waals surface area contributed by atoms with Gasteiger partial charge in [0.15, 0.2) is 0 Å². The van der Waals surface area contributed by atoms with Gasteiger partial charge in [-0.15, -0.1) is 11.3 Å². The van der Waals surface area contributed by atoms with Crippen LogP contribution in [0.3, 0.4) is 0 Å². The van der Waals surface area contributed by atoms with E-state index in [1.165, 1.54) is 15.6 Å². The molecule has 0 aliphatic carbocycles. The number of hydrogen-bond acceptors (Lipinski definition) is 5. The Morgan fingerprint density at radius 3 is 2.33 bits per heavy atom. The summed E-state index contributed by atoms with van der Waals surface area (Å²) >= 11 is 13.9. The summed E-state index contributed by atoms with van der Waals surface area (Å²) < 4.78 is 6.34. The molecule has 0 unspecified atom stereocenters. The van der Waals surface area contributed by atoms with Gasteiger partial charge < -0.3 is 20.5 Å². The number of ether oxygens (including phenoxy) is 1. The number of hydrogen-bond donors (Lipinski definition) is 3. The van der Waals surface area contributed by atoms with Crippen LogP contribution in [0.25, 0.3) is 10.8 Å². The Balaban J connectivity index is 0.000000186. The molecule has 1 heterocycles. The van der Waals surface area contributed by atoms with E-state index in [0.717, 1.165) is 18.7 Å². The lowest BCUT2D eigenvalue weighted by atomic mass is 10.1. The van der Waals surface area contributed by atoms with E-state index in [0.29, 0.717) is 27.0 Å². The molecular formula is C32H30Cl2N2O3S. The maximum atomic E-state index is 10.8. The van der Waals surface area contributed by atoms with Crippen LogP contribution in [0.4, 0.5) is 11.4 Å². The number of halogens is 2. The summed E-state index contributed by atoms with van der Waals surface area (Å²) in [5.74, 6) is 0.0714. The number of para-hydroxylation sites is 2. The number of fused-ring (bicyclic) bond motifs is 1. The molecule has 0 aliphatic heterocycles. The normalized spacial score (nSPS) is 11.4. The standard InChI is InChI=1S/C18H19NOS.C14H11Cl2NO2/c1-19-12-11-17(18-10-5-13-21-18)20-16-9-4-7-14-6-2-3-8-15(14)16;15-10-5-3-6-11(16)14(10)17-12-7-2-1-4-9(12)8-13(18)19/h2-10,13,17,19H,11-12H2,1H3;1-7,17H,8H2,(H,18,19)/t17-;/m1./s1. The van der Waals surface area contributed by atoms with Crippen molar-refractivity contribution in [1.82, 2.24) is 5.32 Å². The molecule has 1 aromatic heterocycles. The van der Waals surface area contributed by atoms with E-state index in [1.54, 1.807) is 47.7 Å². The number of thiophene rings is 1. The molecule has 0 aliphatic rings. The first-order valence-corrected chi connectivity index (χ1v) is 14.4. The summed E-state index contributed by atoms with van der Waals surface area (Å²) in [6, 6.07) is 31.2. The largest absolute Gasteiger partial charge is 0.484 e. The van der Waals surface area contributed by atoms with Gasteiger partial charge in [-0.1, -0.05) is 89.9 Å². The number of carboxylic acid groups (broad SMARTS) is 1. The second-order valence-electron chi connectivity index (χ2n) is 8.94. The van der Waals surface area contributed by atoms with E-state index >= 15 is 0 Å². The molecule has 40 heavy (non-hydrogen) atoms. The summed E-state index contributed by atoms with van der Waals surface area (Å²) in [7, 11) is 1.98. The molecule has 206 valence electrons. The monoisotopic (exact) mass is 592 g/mol. The van der Waals surface area contributed by atoms with Crippen molar-refractivity contribution in [2.75, 3.05) is 18.9 Å². The van der Waals surface area contributed by atoms with Crippen molar-refractivity contribution >= 4 is 62.7 Å². The van der Waals surface area contributed by atoms with Gasteiger partial charge in [0.2, 0.25) is 0 Å². The second kappa shape index (κ2) is 14.7. The Kier molecular flexibility index (Phi) is 10.8. The molecule has 5 aromatic rings. The van der Waals surface area contributed by atoms with Crippen LogP contribution in [-0.2, 0) is 11.2 Å². The molecule has 4 aromatic carbocycles. The minimum atomic E-state index is -0.889. The van der Waals surface area contributed by atoms with Crippen molar-refractivity contribution in [2.45, 2.75) is 18.9 Å². The fraction of sp³-hybridized carbons (Fsp3) is 0.156. The van der Waals surface area contributed by atoms with Gasteiger partial charge in [-0.3, -0.25) is 4.79 Å². The maximum Gasteiger partial charge on any atom is 0.307 e. The Hall–Kier alpha value is -3.55. The molecule has 0 saturated heterocycles. The van der Waals surface area contributed by atoms with Gasteiger partial charge in [0, 0.05) is 22.4 Å². The first-order chi connectivity index (χ1) is 19.5. The van der Waals surface area contributed by atoms with Crippen molar-refractivity contribution in [1.29, 1.82) is 0 Å². The molecule has 0 saturated carbocycles. The smallest absolute Gasteiger partial charge is 0.307 e. The Morgan fingerprint density at radius 1 is 0.900 bits per heavy atom. The van der Waals surface area contributed by atoms with E-state index in [4.69, 9.17) is 33.0 Å². The second-order valence-corrected chi connectivity index (χ2v) is 10.7. The van der Waals surface area contributed by atoms with Crippen molar-refractivity contribution in [3.8, 4) is 5.75 Å². The summed E-state index contributed by atoms with van der Waals surface area (Å²) in [4.78, 5) is 12.1. The van der Waals surface area contributed by atoms with E-state index in [2.05, 4.69) is 70.6 Å². The first kappa shape index (κ1) is 29.4. The van der Waals surface area contributed by atoms with Crippen LogP contribution in [0.2, 0.25) is 10.0 Å². The van der Waals surface area contributed by atoms with Crippen molar-refractivity contribution in [3.05, 3.63) is 123 Å². The Morgan fingerprint density at radius 2 is 1.60 bits per heavy atom. The third-order valence-electron chi connectivity index (χ3n) is 6.12. The lowest BCUT2D eigenvalue weighted by Gasteiger charge is -2.19. The molecule has 0 fully saturated rings. The lowest BCUT2D eigenvalue weighted by molar-refractivity contribution is -0.136. The molecule has 5 rings (SSSR count). The number of rotatable bonds is 10. The van der Waals surface area contributed by atoms with E-state index in [1.807, 2.05) is 13.1 Å². The molecule has 0 radical (unpaired) electrons. The van der Waals surface area contributed by atoms with Gasteiger partial charge in [-0.25, -0.2) is 0 Å². The minimum absolute atomic E-state index is 0.0642. The average molecular weight is 594 g/mol. The fourth-order valence-corrected chi connectivity index (χ4v) is 5.45. The molecule has 3 N–H and O–H groups in total. The molecule has 0 bridgehead atoms. The predicted octanol–water partition coefficient (Wildman–Crippen LogP) is 8.99. The van der Waals surface area contributed by atoms with Gasteiger partial charge >= 0.3 is 5.97 Å². The summed E-state index contributed by atoms with van der Waals surface area (Å²) in [5.41, 5.74) is 1.93. The number of anilines is 2. The lowest BCUT2D eigenvalue weighted by Crippen LogP contribution is -2.15. The highest BCUT2D eigenvalue weighted by Crippen LogP contribution is 2.34. The van der Waals surface area contributed by atoms with Crippen LogP contribution in [0.15, 0.2) is 102 Å². The average Bonchev–Trinajstić information content (AvgIpc) is 3.49. The van der Waals surface area contributed by atoms with Gasteiger partial charge in [0.1, 0.15) is 11.9 Å². The summed E-state index contributed by atoms with van der Waals surface area (Å²) in [6.07, 6.45) is 0.995. The van der Waals surface area contributed by atoms with Crippen molar-refractivity contribution in [2.24, 2.45) is 0 Å². The quantitative estimate of drug-likeness (QED) is 0.151. The maximum absolute atomic E-state index is 10.8. The molecule has 8 heteroatoms. The highest BCUT2D eigenvalue weighted by atomic mass is 35.5. The topological polar surface area (TPSA) is 70.6 Å².